The van der Waals surface area contributed by atoms with Gasteiger partial charge in [0.2, 0.25) is 0 Å². The van der Waals surface area contributed by atoms with Crippen LogP contribution in [0.2, 0.25) is 10.0 Å². The maximum absolute atomic E-state index is 11.5. The van der Waals surface area contributed by atoms with Crippen LogP contribution in [0.1, 0.15) is 25.3 Å². The molecule has 1 rings (SSSR count). The lowest BCUT2D eigenvalue weighted by Crippen LogP contribution is -2.42. The molecule has 1 aromatic carbocycles. The van der Waals surface area contributed by atoms with E-state index >= 15 is 0 Å². The van der Waals surface area contributed by atoms with Gasteiger partial charge in [-0.25, -0.2) is 9.59 Å². The lowest BCUT2D eigenvalue weighted by molar-refractivity contribution is -0.139. The highest BCUT2D eigenvalue weighted by molar-refractivity contribution is 6.42. The number of amides is 1. The average Bonchev–Trinajstić information content (AvgIpc) is 2.42. The van der Waals surface area contributed by atoms with Gasteiger partial charge in [-0.05, 0) is 24.1 Å². The Hall–Kier alpha value is -1.46. The van der Waals surface area contributed by atoms with Gasteiger partial charge < -0.3 is 15.2 Å². The van der Waals surface area contributed by atoms with Crippen LogP contribution in [0.5, 0.6) is 0 Å². The number of carbonyl (C=O) groups excluding carboxylic acids is 1. The molecule has 5 nitrogen and oxygen atoms in total. The molecule has 7 heteroatoms. The molecule has 0 fully saturated rings. The second kappa shape index (κ2) is 8.74. The molecule has 0 aliphatic rings. The first-order valence-corrected chi connectivity index (χ1v) is 7.29. The van der Waals surface area contributed by atoms with Gasteiger partial charge in [-0.3, -0.25) is 0 Å². The summed E-state index contributed by atoms with van der Waals surface area (Å²) in [5, 5.41) is 12.2. The standard InChI is InChI=1S/C14H17Cl2NO4/c1-2-3-6-21-14(20)17-12(13(18)19)8-9-4-5-10(15)11(16)7-9/h4-5,7,12H,2-3,6,8H2,1H3,(H,17,20)(H,18,19)/t12-/m0/s1. The minimum absolute atomic E-state index is 0.0924. The number of hydrogen-bond donors (Lipinski definition) is 2. The van der Waals surface area contributed by atoms with Crippen LogP contribution >= 0.6 is 23.2 Å². The number of carboxylic acids is 1. The Morgan fingerprint density at radius 2 is 2.05 bits per heavy atom. The van der Waals surface area contributed by atoms with Gasteiger partial charge in [-0.2, -0.15) is 0 Å². The van der Waals surface area contributed by atoms with E-state index in [2.05, 4.69) is 5.32 Å². The minimum Gasteiger partial charge on any atom is -0.480 e. The van der Waals surface area contributed by atoms with Crippen molar-refractivity contribution in [1.29, 1.82) is 0 Å². The van der Waals surface area contributed by atoms with E-state index in [9.17, 15) is 9.59 Å². The van der Waals surface area contributed by atoms with Crippen LogP contribution < -0.4 is 5.32 Å². The molecule has 0 bridgehead atoms. The normalized spacial score (nSPS) is 11.8. The summed E-state index contributed by atoms with van der Waals surface area (Å²) in [6.07, 6.45) is 0.974. The van der Waals surface area contributed by atoms with E-state index in [1.165, 1.54) is 0 Å². The predicted octanol–water partition coefficient (Wildman–Crippen LogP) is 3.52. The molecule has 21 heavy (non-hydrogen) atoms. The van der Waals surface area contributed by atoms with Gasteiger partial charge in [-0.15, -0.1) is 0 Å². The number of rotatable bonds is 7. The van der Waals surface area contributed by atoms with Gasteiger partial charge in [0.05, 0.1) is 16.7 Å². The fourth-order valence-electron chi connectivity index (χ4n) is 1.60. The summed E-state index contributed by atoms with van der Waals surface area (Å²) < 4.78 is 4.88. The van der Waals surface area contributed by atoms with Crippen molar-refractivity contribution in [2.75, 3.05) is 6.61 Å². The zero-order valence-electron chi connectivity index (χ0n) is 11.6. The lowest BCUT2D eigenvalue weighted by atomic mass is 10.1. The summed E-state index contributed by atoms with van der Waals surface area (Å²) in [7, 11) is 0. The molecule has 0 unspecified atom stereocenters. The van der Waals surface area contributed by atoms with Crippen molar-refractivity contribution in [3.63, 3.8) is 0 Å². The van der Waals surface area contributed by atoms with E-state index < -0.39 is 18.1 Å². The number of ether oxygens (including phenoxy) is 1. The molecule has 0 heterocycles. The monoisotopic (exact) mass is 333 g/mol. The third-order valence-corrected chi connectivity index (χ3v) is 3.48. The van der Waals surface area contributed by atoms with Crippen molar-refractivity contribution in [1.82, 2.24) is 5.32 Å². The van der Waals surface area contributed by atoms with Crippen molar-refractivity contribution in [3.05, 3.63) is 33.8 Å². The maximum atomic E-state index is 11.5. The zero-order valence-corrected chi connectivity index (χ0v) is 13.1. The van der Waals surface area contributed by atoms with Gasteiger partial charge in [-0.1, -0.05) is 42.6 Å². The van der Waals surface area contributed by atoms with Crippen molar-refractivity contribution >= 4 is 35.3 Å². The SMILES string of the molecule is CCCCOC(=O)N[C@@H](Cc1ccc(Cl)c(Cl)c1)C(=O)O. The topological polar surface area (TPSA) is 75.6 Å². The van der Waals surface area contributed by atoms with Crippen molar-refractivity contribution < 1.29 is 19.4 Å². The smallest absolute Gasteiger partial charge is 0.407 e. The first kappa shape index (κ1) is 17.6. The van der Waals surface area contributed by atoms with Crippen LogP contribution in [-0.4, -0.2) is 29.8 Å². The van der Waals surface area contributed by atoms with Gasteiger partial charge in [0.1, 0.15) is 6.04 Å². The van der Waals surface area contributed by atoms with Crippen LogP contribution in [0.4, 0.5) is 4.79 Å². The molecular weight excluding hydrogens is 317 g/mol. The molecule has 116 valence electrons. The third-order valence-electron chi connectivity index (χ3n) is 2.75. The molecule has 0 aliphatic carbocycles. The highest BCUT2D eigenvalue weighted by Crippen LogP contribution is 2.23. The number of carboxylic acid groups (broad SMARTS) is 1. The van der Waals surface area contributed by atoms with Crippen LogP contribution in [0.3, 0.4) is 0 Å². The van der Waals surface area contributed by atoms with Crippen molar-refractivity contribution in [2.24, 2.45) is 0 Å². The van der Waals surface area contributed by atoms with Crippen LogP contribution in [0.25, 0.3) is 0 Å². The first-order chi connectivity index (χ1) is 9.93. The highest BCUT2D eigenvalue weighted by Gasteiger charge is 2.21. The summed E-state index contributed by atoms with van der Waals surface area (Å²) in [6.45, 7) is 2.23. The first-order valence-electron chi connectivity index (χ1n) is 6.54. The Morgan fingerprint density at radius 1 is 1.33 bits per heavy atom. The molecule has 2 N–H and O–H groups in total. The molecule has 1 aromatic rings. The largest absolute Gasteiger partial charge is 0.480 e. The number of hydrogen-bond acceptors (Lipinski definition) is 3. The van der Waals surface area contributed by atoms with Crippen molar-refractivity contribution in [3.8, 4) is 0 Å². The van der Waals surface area contributed by atoms with E-state index in [0.717, 1.165) is 12.8 Å². The molecule has 0 spiro atoms. The second-order valence-corrected chi connectivity index (χ2v) is 5.29. The summed E-state index contributed by atoms with van der Waals surface area (Å²) in [5.41, 5.74) is 0.658. The molecule has 0 aromatic heterocycles. The lowest BCUT2D eigenvalue weighted by Gasteiger charge is -2.15. The Balaban J connectivity index is 2.63. The Bertz CT molecular complexity index is 508. The van der Waals surface area contributed by atoms with Crippen LogP contribution in [0, 0.1) is 0 Å². The quantitative estimate of drug-likeness (QED) is 0.748. The maximum Gasteiger partial charge on any atom is 0.407 e. The summed E-state index contributed by atoms with van der Waals surface area (Å²) >= 11 is 11.7. The van der Waals surface area contributed by atoms with E-state index in [1.54, 1.807) is 18.2 Å². The number of nitrogens with one attached hydrogen (secondary N) is 1. The van der Waals surface area contributed by atoms with Gasteiger partial charge in [0.15, 0.2) is 0 Å². The van der Waals surface area contributed by atoms with E-state index in [-0.39, 0.29) is 13.0 Å². The second-order valence-electron chi connectivity index (χ2n) is 4.48. The fourth-order valence-corrected chi connectivity index (χ4v) is 1.92. The summed E-state index contributed by atoms with van der Waals surface area (Å²) in [4.78, 5) is 22.7. The zero-order chi connectivity index (χ0) is 15.8. The van der Waals surface area contributed by atoms with Crippen molar-refractivity contribution in [2.45, 2.75) is 32.2 Å². The van der Waals surface area contributed by atoms with Gasteiger partial charge in [0.25, 0.3) is 0 Å². The fraction of sp³-hybridized carbons (Fsp3) is 0.429. The van der Waals surface area contributed by atoms with Crippen LogP contribution in [0.15, 0.2) is 18.2 Å². The van der Waals surface area contributed by atoms with E-state index in [4.69, 9.17) is 33.0 Å². The van der Waals surface area contributed by atoms with E-state index in [0.29, 0.717) is 15.6 Å². The minimum atomic E-state index is -1.14. The number of aliphatic carboxylic acids is 1. The molecule has 1 atom stereocenters. The molecular formula is C14H17Cl2NO4. The van der Waals surface area contributed by atoms with Gasteiger partial charge >= 0.3 is 12.1 Å². The Labute approximate surface area is 133 Å². The number of carbonyl (C=O) groups is 2. The highest BCUT2D eigenvalue weighted by atomic mass is 35.5. The molecule has 0 radical (unpaired) electrons. The summed E-state index contributed by atoms with van der Waals surface area (Å²) in [6, 6.07) is 3.73. The predicted molar refractivity (Wildman–Crippen MR) is 81.0 cm³/mol. The molecule has 0 aliphatic heterocycles. The van der Waals surface area contributed by atoms with Crippen LogP contribution in [-0.2, 0) is 16.0 Å². The summed E-state index contributed by atoms with van der Waals surface area (Å²) in [5.74, 6) is -1.14. The van der Waals surface area contributed by atoms with E-state index in [1.807, 2.05) is 6.92 Å². The molecule has 1 amide bonds. The molecule has 0 saturated heterocycles. The average molecular weight is 334 g/mol. The third kappa shape index (κ3) is 6.23. The Morgan fingerprint density at radius 3 is 2.62 bits per heavy atom. The number of halogens is 2. The van der Waals surface area contributed by atoms with Gasteiger partial charge in [0, 0.05) is 6.42 Å². The number of alkyl carbamates (subject to hydrolysis) is 1. The number of unbranched alkanes of at least 4 members (excludes halogenated alkanes) is 1. The number of benzene rings is 1. The Kier molecular flexibility index (Phi) is 7.32. The molecule has 0 saturated carbocycles.